The molecule has 0 saturated carbocycles. The molecule has 0 amide bonds. The van der Waals surface area contributed by atoms with E-state index in [1.165, 1.54) is 0 Å². The van der Waals surface area contributed by atoms with Crippen LogP contribution < -0.4 is 25.1 Å². The van der Waals surface area contributed by atoms with Crippen LogP contribution in [0.2, 0.25) is 0 Å². The van der Waals surface area contributed by atoms with E-state index in [4.69, 9.17) is 26.4 Å². The Morgan fingerprint density at radius 3 is 2.31 bits per heavy atom. The maximum Gasteiger partial charge on any atom is 0.253 e. The van der Waals surface area contributed by atoms with Gasteiger partial charge in [-0.3, -0.25) is 4.79 Å². The zero-order valence-corrected chi connectivity index (χ0v) is 21.4. The number of anilines is 1. The Balaban J connectivity index is 1.63. The number of thiocarbonyl (C=S) groups is 1. The fourth-order valence-corrected chi connectivity index (χ4v) is 4.16. The first kappa shape index (κ1) is 25.1. The summed E-state index contributed by atoms with van der Waals surface area (Å²) in [4.78, 5) is 18.0. The smallest absolute Gasteiger partial charge is 0.253 e. The summed E-state index contributed by atoms with van der Waals surface area (Å²) in [5.74, 6) is 1.95. The Bertz CT molecular complexity index is 1390. The molecule has 0 aliphatic carbocycles. The first-order valence-electron chi connectivity index (χ1n) is 11.6. The third kappa shape index (κ3) is 5.95. The number of ether oxygens (including phenoxy) is 3. The van der Waals surface area contributed by atoms with Crippen LogP contribution in [-0.4, -0.2) is 35.8 Å². The summed E-state index contributed by atoms with van der Waals surface area (Å²) in [5.41, 5.74) is 2.99. The standard InChI is InChI=1S/C28H29N3O4S/c1-4-35-23-12-10-22(11-13-23)29-28(36)31(17-19-8-6-5-7-9-19)18-21-14-20-15-25(33-2)26(34-3)16-24(20)30-27(21)32/h5-16H,4,17-18H2,1-3H3,(H,29,36)(H,30,32). The van der Waals surface area contributed by atoms with E-state index in [2.05, 4.69) is 10.3 Å². The van der Waals surface area contributed by atoms with Gasteiger partial charge in [-0.15, -0.1) is 0 Å². The summed E-state index contributed by atoms with van der Waals surface area (Å²) in [6.45, 7) is 3.41. The van der Waals surface area contributed by atoms with E-state index in [1.54, 1.807) is 20.3 Å². The van der Waals surface area contributed by atoms with Gasteiger partial charge >= 0.3 is 0 Å². The van der Waals surface area contributed by atoms with E-state index in [9.17, 15) is 4.79 Å². The fraction of sp³-hybridized carbons (Fsp3) is 0.214. The number of benzene rings is 3. The molecule has 0 fully saturated rings. The zero-order chi connectivity index (χ0) is 25.5. The number of nitrogens with one attached hydrogen (secondary N) is 2. The second-order valence-corrected chi connectivity index (χ2v) is 8.53. The Morgan fingerprint density at radius 2 is 1.64 bits per heavy atom. The molecule has 0 spiro atoms. The highest BCUT2D eigenvalue weighted by molar-refractivity contribution is 7.80. The minimum atomic E-state index is -0.184. The van der Waals surface area contributed by atoms with E-state index in [0.717, 1.165) is 22.4 Å². The molecule has 0 radical (unpaired) electrons. The van der Waals surface area contributed by atoms with Gasteiger partial charge < -0.3 is 29.4 Å². The predicted octanol–water partition coefficient (Wildman–Crippen LogP) is 5.34. The van der Waals surface area contributed by atoms with E-state index in [0.29, 0.717) is 47.4 Å². The topological polar surface area (TPSA) is 75.8 Å². The first-order chi connectivity index (χ1) is 17.5. The predicted molar refractivity (Wildman–Crippen MR) is 147 cm³/mol. The number of H-pyrrole nitrogens is 1. The van der Waals surface area contributed by atoms with Crippen molar-refractivity contribution in [2.45, 2.75) is 20.0 Å². The number of hydrogen-bond acceptors (Lipinski definition) is 5. The van der Waals surface area contributed by atoms with Gasteiger partial charge in [-0.2, -0.15) is 0 Å². The number of aromatic amines is 1. The summed E-state index contributed by atoms with van der Waals surface area (Å²) < 4.78 is 16.3. The molecule has 0 saturated heterocycles. The van der Waals surface area contributed by atoms with Crippen molar-refractivity contribution in [1.29, 1.82) is 0 Å². The van der Waals surface area contributed by atoms with Crippen LogP contribution in [0.25, 0.3) is 10.9 Å². The third-order valence-corrected chi connectivity index (χ3v) is 6.07. The minimum Gasteiger partial charge on any atom is -0.494 e. The highest BCUT2D eigenvalue weighted by Crippen LogP contribution is 2.31. The Kier molecular flexibility index (Phi) is 8.07. The molecule has 0 aliphatic heterocycles. The first-order valence-corrected chi connectivity index (χ1v) is 12.0. The van der Waals surface area contributed by atoms with Crippen molar-refractivity contribution in [3.8, 4) is 17.2 Å². The van der Waals surface area contributed by atoms with Gasteiger partial charge in [-0.1, -0.05) is 30.3 Å². The van der Waals surface area contributed by atoms with Crippen molar-refractivity contribution < 1.29 is 14.2 Å². The maximum absolute atomic E-state index is 13.0. The highest BCUT2D eigenvalue weighted by Gasteiger charge is 2.16. The van der Waals surface area contributed by atoms with E-state index < -0.39 is 0 Å². The largest absolute Gasteiger partial charge is 0.494 e. The molecule has 1 aromatic heterocycles. The molecule has 1 heterocycles. The van der Waals surface area contributed by atoms with Crippen molar-refractivity contribution in [2.24, 2.45) is 0 Å². The van der Waals surface area contributed by atoms with Gasteiger partial charge in [0.2, 0.25) is 0 Å². The number of nitrogens with zero attached hydrogens (tertiary/aromatic N) is 1. The maximum atomic E-state index is 13.0. The lowest BCUT2D eigenvalue weighted by molar-refractivity contribution is 0.340. The molecular weight excluding hydrogens is 474 g/mol. The molecule has 2 N–H and O–H groups in total. The molecule has 36 heavy (non-hydrogen) atoms. The van der Waals surface area contributed by atoms with Gasteiger partial charge in [-0.25, -0.2) is 0 Å². The van der Waals surface area contributed by atoms with Crippen LogP contribution in [0.4, 0.5) is 5.69 Å². The van der Waals surface area contributed by atoms with E-state index >= 15 is 0 Å². The minimum absolute atomic E-state index is 0.184. The number of fused-ring (bicyclic) bond motifs is 1. The third-order valence-electron chi connectivity index (χ3n) is 5.71. The second kappa shape index (κ2) is 11.6. The van der Waals surface area contributed by atoms with Gasteiger partial charge in [0, 0.05) is 29.2 Å². The fourth-order valence-electron chi connectivity index (χ4n) is 3.91. The average Bonchev–Trinajstić information content (AvgIpc) is 2.89. The van der Waals surface area contributed by atoms with Crippen molar-refractivity contribution in [2.75, 3.05) is 26.1 Å². The summed E-state index contributed by atoms with van der Waals surface area (Å²) in [6, 6.07) is 23.1. The van der Waals surface area contributed by atoms with Crippen molar-refractivity contribution in [1.82, 2.24) is 9.88 Å². The monoisotopic (exact) mass is 503 g/mol. The SMILES string of the molecule is CCOc1ccc(NC(=S)N(Cc2ccccc2)Cc2cc3cc(OC)c(OC)cc3[nH]c2=O)cc1. The number of pyridine rings is 1. The Labute approximate surface area is 215 Å². The summed E-state index contributed by atoms with van der Waals surface area (Å²) in [6.07, 6.45) is 0. The summed E-state index contributed by atoms with van der Waals surface area (Å²) in [7, 11) is 3.15. The molecule has 0 atom stereocenters. The molecule has 4 rings (SSSR count). The molecule has 0 unspecified atom stereocenters. The lowest BCUT2D eigenvalue weighted by Gasteiger charge is -2.26. The highest BCUT2D eigenvalue weighted by atomic mass is 32.1. The summed E-state index contributed by atoms with van der Waals surface area (Å²) in [5, 5.41) is 4.64. The van der Waals surface area contributed by atoms with Crippen molar-refractivity contribution in [3.63, 3.8) is 0 Å². The zero-order valence-electron chi connectivity index (χ0n) is 20.5. The lowest BCUT2D eigenvalue weighted by atomic mass is 10.1. The van der Waals surface area contributed by atoms with Gasteiger partial charge in [0.05, 0.1) is 32.9 Å². The van der Waals surface area contributed by atoms with E-state index in [1.807, 2.05) is 78.6 Å². The van der Waals surface area contributed by atoms with Crippen LogP contribution in [0.15, 0.2) is 77.6 Å². The van der Waals surface area contributed by atoms with Gasteiger partial charge in [0.1, 0.15) is 5.75 Å². The molecule has 186 valence electrons. The normalized spacial score (nSPS) is 10.6. The van der Waals surface area contributed by atoms with Crippen LogP contribution in [0, 0.1) is 0 Å². The molecule has 0 bridgehead atoms. The van der Waals surface area contributed by atoms with Crippen LogP contribution in [0.5, 0.6) is 17.2 Å². The van der Waals surface area contributed by atoms with E-state index in [-0.39, 0.29) is 5.56 Å². The van der Waals surface area contributed by atoms with Crippen LogP contribution in [0.1, 0.15) is 18.1 Å². The summed E-state index contributed by atoms with van der Waals surface area (Å²) >= 11 is 5.79. The molecular formula is C28H29N3O4S. The quantitative estimate of drug-likeness (QED) is 0.299. The van der Waals surface area contributed by atoms with Crippen LogP contribution >= 0.6 is 12.2 Å². The van der Waals surface area contributed by atoms with Gasteiger partial charge in [0.25, 0.3) is 5.56 Å². The molecule has 4 aromatic rings. The van der Waals surface area contributed by atoms with Crippen LogP contribution in [0.3, 0.4) is 0 Å². The molecule has 3 aromatic carbocycles. The number of rotatable bonds is 9. The van der Waals surface area contributed by atoms with Gasteiger partial charge in [-0.05, 0) is 61.1 Å². The average molecular weight is 504 g/mol. The lowest BCUT2D eigenvalue weighted by Crippen LogP contribution is -2.35. The molecule has 0 aliphatic rings. The molecule has 7 nitrogen and oxygen atoms in total. The number of methoxy groups -OCH3 is 2. The molecule has 8 heteroatoms. The van der Waals surface area contributed by atoms with Crippen LogP contribution in [-0.2, 0) is 13.1 Å². The number of hydrogen-bond donors (Lipinski definition) is 2. The van der Waals surface area contributed by atoms with Crippen molar-refractivity contribution >= 4 is 33.9 Å². The second-order valence-electron chi connectivity index (χ2n) is 8.15. The Hall–Kier alpha value is -4.04. The Morgan fingerprint density at radius 1 is 0.944 bits per heavy atom. The van der Waals surface area contributed by atoms with Crippen molar-refractivity contribution in [3.05, 3.63) is 94.3 Å². The number of aromatic nitrogens is 1. The van der Waals surface area contributed by atoms with Gasteiger partial charge in [0.15, 0.2) is 16.6 Å².